The molecule has 1 rings (SSSR count). The summed E-state index contributed by atoms with van der Waals surface area (Å²) in [5, 5.41) is 0. The van der Waals surface area contributed by atoms with Gasteiger partial charge in [-0.3, -0.25) is 0 Å². The highest BCUT2D eigenvalue weighted by Crippen LogP contribution is 2.35. The van der Waals surface area contributed by atoms with Crippen LogP contribution in [0.1, 0.15) is 43.9 Å². The molecule has 0 heterocycles. The first-order valence-corrected chi connectivity index (χ1v) is 7.46. The van der Waals surface area contributed by atoms with Crippen molar-refractivity contribution < 1.29 is 14.3 Å². The summed E-state index contributed by atoms with van der Waals surface area (Å²) < 4.78 is 10.5. The third-order valence-electron chi connectivity index (χ3n) is 3.43. The minimum absolute atomic E-state index is 0.00814. The van der Waals surface area contributed by atoms with Gasteiger partial charge in [0.1, 0.15) is 5.75 Å². The Kier molecular flexibility index (Phi) is 6.42. The van der Waals surface area contributed by atoms with E-state index in [0.717, 1.165) is 24.2 Å². The number of rotatable bonds is 6. The molecule has 120 valence electrons. The monoisotopic (exact) mass is 303 g/mol. The normalized spacial score (nSPS) is 10.9. The molecule has 4 heteroatoms. The molecule has 0 fully saturated rings. The number of hydrogen-bond donors (Lipinski definition) is 0. The van der Waals surface area contributed by atoms with Gasteiger partial charge in [0.2, 0.25) is 0 Å². The fraction of sp³-hybridized carbons (Fsp3) is 0.556. The molecule has 1 aromatic rings. The third-order valence-corrected chi connectivity index (χ3v) is 3.43. The van der Waals surface area contributed by atoms with Crippen LogP contribution in [-0.4, -0.2) is 26.2 Å². The van der Waals surface area contributed by atoms with Crippen LogP contribution in [0.2, 0.25) is 0 Å². The number of carbonyl (C=O) groups excluding carboxylic acids is 1. The number of esters is 1. The van der Waals surface area contributed by atoms with Crippen molar-refractivity contribution in [1.82, 2.24) is 0 Å². The van der Waals surface area contributed by atoms with Crippen LogP contribution >= 0.6 is 0 Å². The third kappa shape index (κ3) is 5.07. The van der Waals surface area contributed by atoms with Crippen LogP contribution in [0.4, 0.5) is 0 Å². The second kappa shape index (κ2) is 7.84. The van der Waals surface area contributed by atoms with Gasteiger partial charge in [-0.2, -0.15) is 0 Å². The van der Waals surface area contributed by atoms with Gasteiger partial charge in [-0.15, -0.1) is 0 Å². The average Bonchev–Trinajstić information content (AvgIpc) is 2.42. The molecule has 1 aromatic carbocycles. The zero-order chi connectivity index (χ0) is 16.8. The molecule has 0 N–H and O–H groups in total. The Morgan fingerprint density at radius 2 is 2.00 bits per heavy atom. The summed E-state index contributed by atoms with van der Waals surface area (Å²) in [7, 11) is 1.70. The molecule has 0 radical (unpaired) electrons. The number of ether oxygens (including phenoxy) is 2. The maximum absolute atomic E-state index is 11.1. The Labute approximate surface area is 133 Å². The topological polar surface area (TPSA) is 39.9 Å². The second-order valence-electron chi connectivity index (χ2n) is 6.38. The van der Waals surface area contributed by atoms with Gasteiger partial charge in [0.05, 0.1) is 13.7 Å². The van der Waals surface area contributed by atoms with Crippen molar-refractivity contribution in [2.75, 3.05) is 20.3 Å². The molecule has 0 atom stereocenters. The Hall–Kier alpha value is -2.02. The lowest BCUT2D eigenvalue weighted by molar-refractivity contribution is -0.141. The number of carbonyl (C=O) groups is 1. The van der Waals surface area contributed by atoms with Crippen LogP contribution in [0.15, 0.2) is 12.1 Å². The highest BCUT2D eigenvalue weighted by Gasteiger charge is 2.21. The van der Waals surface area contributed by atoms with E-state index in [0.29, 0.717) is 6.61 Å². The number of benzene rings is 1. The summed E-state index contributed by atoms with van der Waals surface area (Å²) in [6.07, 6.45) is 1.58. The van der Waals surface area contributed by atoms with Crippen LogP contribution in [0, 0.1) is 13.5 Å². The summed E-state index contributed by atoms with van der Waals surface area (Å²) >= 11 is 0. The molecular weight excluding hydrogens is 278 g/mol. The lowest BCUT2D eigenvalue weighted by atomic mass is 9.83. The Bertz CT molecular complexity index is 565. The summed E-state index contributed by atoms with van der Waals surface area (Å²) in [6, 6.07) is 4.29. The quantitative estimate of drug-likeness (QED) is 0.457. The van der Waals surface area contributed by atoms with E-state index in [1.54, 1.807) is 7.11 Å². The Morgan fingerprint density at radius 1 is 1.32 bits per heavy atom. The fourth-order valence-corrected chi connectivity index (χ4v) is 2.39. The van der Waals surface area contributed by atoms with Crippen LogP contribution in [0.25, 0.3) is 4.85 Å². The predicted octanol–water partition coefficient (Wildman–Crippen LogP) is 3.70. The molecule has 0 saturated carbocycles. The van der Waals surface area contributed by atoms with E-state index >= 15 is 0 Å². The Morgan fingerprint density at radius 3 is 2.55 bits per heavy atom. The molecule has 0 aliphatic heterocycles. The van der Waals surface area contributed by atoms with Gasteiger partial charge < -0.3 is 14.3 Å². The lowest BCUT2D eigenvalue weighted by Gasteiger charge is -2.24. The SMILES string of the molecule is [C-]#[N+]CC(=O)OCCCc1cc(C)c(OC)c(C(C)(C)C)c1. The molecule has 0 unspecified atom stereocenters. The second-order valence-corrected chi connectivity index (χ2v) is 6.38. The van der Waals surface area contributed by atoms with Crippen molar-refractivity contribution in [3.05, 3.63) is 40.2 Å². The van der Waals surface area contributed by atoms with E-state index in [2.05, 4.69) is 37.7 Å². The maximum atomic E-state index is 11.1. The van der Waals surface area contributed by atoms with Crippen molar-refractivity contribution >= 4 is 5.97 Å². The molecule has 0 saturated heterocycles. The molecule has 22 heavy (non-hydrogen) atoms. The summed E-state index contributed by atoms with van der Waals surface area (Å²) in [4.78, 5) is 14.1. The number of aryl methyl sites for hydroxylation is 2. The number of hydrogen-bond acceptors (Lipinski definition) is 3. The smallest absolute Gasteiger partial charge is 0.387 e. The summed E-state index contributed by atoms with van der Waals surface area (Å²) in [6.45, 7) is 15.3. The van der Waals surface area contributed by atoms with Gasteiger partial charge in [0, 0.05) is 5.56 Å². The fourth-order valence-electron chi connectivity index (χ4n) is 2.39. The van der Waals surface area contributed by atoms with Gasteiger partial charge in [-0.25, -0.2) is 11.4 Å². The van der Waals surface area contributed by atoms with Crippen LogP contribution in [0.3, 0.4) is 0 Å². The van der Waals surface area contributed by atoms with E-state index in [4.69, 9.17) is 16.0 Å². The van der Waals surface area contributed by atoms with Crippen molar-refractivity contribution in [2.24, 2.45) is 0 Å². The van der Waals surface area contributed by atoms with Crippen molar-refractivity contribution in [3.63, 3.8) is 0 Å². The molecule has 0 aromatic heterocycles. The van der Waals surface area contributed by atoms with E-state index in [1.165, 1.54) is 11.1 Å². The van der Waals surface area contributed by atoms with E-state index < -0.39 is 5.97 Å². The highest BCUT2D eigenvalue weighted by molar-refractivity contribution is 5.73. The molecule has 4 nitrogen and oxygen atoms in total. The first-order chi connectivity index (χ1) is 10.3. The van der Waals surface area contributed by atoms with E-state index in [9.17, 15) is 4.79 Å². The molecule has 0 bridgehead atoms. The van der Waals surface area contributed by atoms with Gasteiger partial charge in [-0.05, 0) is 36.3 Å². The van der Waals surface area contributed by atoms with Crippen LogP contribution < -0.4 is 4.74 Å². The summed E-state index contributed by atoms with van der Waals surface area (Å²) in [5.41, 5.74) is 3.53. The Balaban J connectivity index is 2.75. The average molecular weight is 303 g/mol. The highest BCUT2D eigenvalue weighted by atomic mass is 16.5. The number of nitrogens with zero attached hydrogens (tertiary/aromatic N) is 1. The predicted molar refractivity (Wildman–Crippen MR) is 87.2 cm³/mol. The molecule has 0 spiro atoms. The van der Waals surface area contributed by atoms with E-state index in [1.807, 2.05) is 6.92 Å². The van der Waals surface area contributed by atoms with Crippen LogP contribution in [0.5, 0.6) is 5.75 Å². The largest absolute Gasteiger partial charge is 0.496 e. The number of methoxy groups -OCH3 is 1. The van der Waals surface area contributed by atoms with Crippen molar-refractivity contribution in [3.8, 4) is 5.75 Å². The lowest BCUT2D eigenvalue weighted by Crippen LogP contribution is -2.14. The molecule has 0 aliphatic carbocycles. The van der Waals surface area contributed by atoms with Gasteiger partial charge >= 0.3 is 12.5 Å². The first kappa shape index (κ1) is 18.0. The zero-order valence-electron chi connectivity index (χ0n) is 14.2. The maximum Gasteiger partial charge on any atom is 0.387 e. The molecule has 0 amide bonds. The molecular formula is C18H25NO3. The van der Waals surface area contributed by atoms with E-state index in [-0.39, 0.29) is 12.0 Å². The van der Waals surface area contributed by atoms with Gasteiger partial charge in [0.25, 0.3) is 0 Å². The van der Waals surface area contributed by atoms with Crippen molar-refractivity contribution in [2.45, 2.75) is 46.0 Å². The van der Waals surface area contributed by atoms with Crippen molar-refractivity contribution in [1.29, 1.82) is 0 Å². The standard InChI is InChI=1S/C18H25NO3/c1-13-10-14(8-7-9-22-16(20)12-19-5)11-15(17(13)21-6)18(2,3)4/h10-11H,7-9,12H2,1-4,6H3. The first-order valence-electron chi connectivity index (χ1n) is 7.46. The molecule has 0 aliphatic rings. The zero-order valence-corrected chi connectivity index (χ0v) is 14.2. The minimum atomic E-state index is -0.448. The van der Waals surface area contributed by atoms with Gasteiger partial charge in [-0.1, -0.05) is 32.9 Å². The van der Waals surface area contributed by atoms with Crippen LogP contribution in [-0.2, 0) is 21.4 Å². The minimum Gasteiger partial charge on any atom is -0.496 e. The summed E-state index contributed by atoms with van der Waals surface area (Å²) in [5.74, 6) is 0.496. The van der Waals surface area contributed by atoms with Gasteiger partial charge in [0.15, 0.2) is 0 Å².